The van der Waals surface area contributed by atoms with Crippen LogP contribution in [-0.4, -0.2) is 31.3 Å². The Hall–Kier alpha value is -2.38. The topological polar surface area (TPSA) is 80.9 Å². The summed E-state index contributed by atoms with van der Waals surface area (Å²) >= 11 is 0. The lowest BCUT2D eigenvalue weighted by atomic mass is 10.1. The lowest BCUT2D eigenvalue weighted by molar-refractivity contribution is -0.146. The fourth-order valence-electron chi connectivity index (χ4n) is 1.70. The van der Waals surface area contributed by atoms with Crippen LogP contribution in [0.3, 0.4) is 0 Å². The summed E-state index contributed by atoms with van der Waals surface area (Å²) in [7, 11) is 0. The van der Waals surface area contributed by atoms with Gasteiger partial charge >= 0.3 is 5.97 Å². The van der Waals surface area contributed by atoms with E-state index >= 15 is 0 Å². The summed E-state index contributed by atoms with van der Waals surface area (Å²) in [6.07, 6.45) is -0.234. The highest BCUT2D eigenvalue weighted by Gasteiger charge is 2.33. The second-order valence-electron chi connectivity index (χ2n) is 4.75. The molecule has 0 amide bonds. The molecule has 1 aromatic carbocycles. The largest absolute Gasteiger partial charge is 0.479 e. The highest BCUT2D eigenvalue weighted by Crippen LogP contribution is 2.20. The average Bonchev–Trinajstić information content (AvgIpc) is 2.82. The van der Waals surface area contributed by atoms with E-state index in [0.717, 1.165) is 16.8 Å². The highest BCUT2D eigenvalue weighted by atomic mass is 19.1. The number of tetrazole rings is 1. The second kappa shape index (κ2) is 4.95. The first-order valence-corrected chi connectivity index (χ1v) is 5.78. The highest BCUT2D eigenvalue weighted by molar-refractivity contribution is 5.75. The van der Waals surface area contributed by atoms with Crippen LogP contribution in [0, 0.1) is 11.6 Å². The first kappa shape index (κ1) is 14.0. The number of carbonyl (C=O) groups is 1. The van der Waals surface area contributed by atoms with E-state index < -0.39 is 23.1 Å². The molecule has 106 valence electrons. The Morgan fingerprint density at radius 2 is 1.95 bits per heavy atom. The number of halogens is 2. The van der Waals surface area contributed by atoms with Crippen molar-refractivity contribution in [2.24, 2.45) is 0 Å². The van der Waals surface area contributed by atoms with Crippen molar-refractivity contribution >= 4 is 5.97 Å². The molecule has 0 bridgehead atoms. The zero-order valence-corrected chi connectivity index (χ0v) is 10.8. The minimum Gasteiger partial charge on any atom is -0.479 e. The van der Waals surface area contributed by atoms with Crippen LogP contribution < -0.4 is 0 Å². The lowest BCUT2D eigenvalue weighted by Crippen LogP contribution is -2.38. The Bertz CT molecular complexity index is 634. The standard InChI is InChI=1S/C12H12F2N4O2/c1-12(2,11(19)20)18-10(15-16-17-18)6-7-8(13)4-3-5-9(7)14/h3-5H,6H2,1-2H3,(H,19,20). The van der Waals surface area contributed by atoms with E-state index in [1.54, 1.807) is 0 Å². The molecule has 6 nitrogen and oxygen atoms in total. The zero-order valence-electron chi connectivity index (χ0n) is 10.8. The first-order valence-electron chi connectivity index (χ1n) is 5.78. The predicted molar refractivity (Wildman–Crippen MR) is 63.9 cm³/mol. The summed E-state index contributed by atoms with van der Waals surface area (Å²) < 4.78 is 28.2. The maximum absolute atomic E-state index is 13.6. The summed E-state index contributed by atoms with van der Waals surface area (Å²) in [6, 6.07) is 3.49. The van der Waals surface area contributed by atoms with E-state index in [1.165, 1.54) is 19.9 Å². The van der Waals surface area contributed by atoms with E-state index in [-0.39, 0.29) is 17.8 Å². The SMILES string of the molecule is CC(C)(C(=O)O)n1nnnc1Cc1c(F)cccc1F. The zero-order chi connectivity index (χ0) is 14.9. The third kappa shape index (κ3) is 2.36. The quantitative estimate of drug-likeness (QED) is 0.915. The van der Waals surface area contributed by atoms with Gasteiger partial charge in [-0.15, -0.1) is 5.10 Å². The molecule has 0 atom stereocenters. The van der Waals surface area contributed by atoms with Crippen LogP contribution in [-0.2, 0) is 16.8 Å². The van der Waals surface area contributed by atoms with Crippen molar-refractivity contribution in [3.8, 4) is 0 Å². The van der Waals surface area contributed by atoms with Gasteiger partial charge < -0.3 is 5.11 Å². The van der Waals surface area contributed by atoms with E-state index in [2.05, 4.69) is 15.5 Å². The Labute approximate surface area is 113 Å². The minimum absolute atomic E-state index is 0.0707. The van der Waals surface area contributed by atoms with Crippen molar-refractivity contribution < 1.29 is 18.7 Å². The molecule has 0 aliphatic carbocycles. The van der Waals surface area contributed by atoms with Crippen molar-refractivity contribution in [2.45, 2.75) is 25.8 Å². The number of rotatable bonds is 4. The molecule has 0 fully saturated rings. The fraction of sp³-hybridized carbons (Fsp3) is 0.333. The molecule has 0 aliphatic rings. The van der Waals surface area contributed by atoms with Gasteiger partial charge in [-0.1, -0.05) is 6.07 Å². The molecule has 2 rings (SSSR count). The number of benzene rings is 1. The Morgan fingerprint density at radius 1 is 1.35 bits per heavy atom. The van der Waals surface area contributed by atoms with Gasteiger partial charge in [0.25, 0.3) is 0 Å². The van der Waals surface area contributed by atoms with Gasteiger partial charge in [-0.2, -0.15) is 0 Å². The van der Waals surface area contributed by atoms with Gasteiger partial charge in [0.2, 0.25) is 0 Å². The van der Waals surface area contributed by atoms with E-state index in [9.17, 15) is 13.6 Å². The first-order chi connectivity index (χ1) is 9.34. The van der Waals surface area contributed by atoms with Gasteiger partial charge in [-0.05, 0) is 36.4 Å². The molecule has 1 aromatic heterocycles. The van der Waals surface area contributed by atoms with Crippen LogP contribution >= 0.6 is 0 Å². The number of nitrogens with zero attached hydrogens (tertiary/aromatic N) is 4. The van der Waals surface area contributed by atoms with Gasteiger partial charge in [0.1, 0.15) is 11.6 Å². The van der Waals surface area contributed by atoms with E-state index in [0.29, 0.717) is 0 Å². The van der Waals surface area contributed by atoms with Crippen molar-refractivity contribution in [1.29, 1.82) is 0 Å². The van der Waals surface area contributed by atoms with Gasteiger partial charge in [0.05, 0.1) is 0 Å². The Balaban J connectivity index is 2.42. The van der Waals surface area contributed by atoms with Crippen molar-refractivity contribution in [2.75, 3.05) is 0 Å². The van der Waals surface area contributed by atoms with Gasteiger partial charge in [0, 0.05) is 12.0 Å². The molecular formula is C12H12F2N4O2. The van der Waals surface area contributed by atoms with Crippen LogP contribution in [0.15, 0.2) is 18.2 Å². The normalized spacial score (nSPS) is 11.6. The molecule has 1 heterocycles. The molecule has 1 N–H and O–H groups in total. The summed E-state index contributed by atoms with van der Waals surface area (Å²) in [5.41, 5.74) is -1.62. The molecule has 8 heteroatoms. The third-order valence-electron chi connectivity index (χ3n) is 2.98. The average molecular weight is 282 g/mol. The third-order valence-corrected chi connectivity index (χ3v) is 2.98. The molecule has 0 unspecified atom stereocenters. The summed E-state index contributed by atoms with van der Waals surface area (Å²) in [5.74, 6) is -2.54. The number of carboxylic acids is 1. The van der Waals surface area contributed by atoms with Crippen molar-refractivity contribution in [3.05, 3.63) is 41.2 Å². The van der Waals surface area contributed by atoms with Crippen LogP contribution in [0.1, 0.15) is 25.2 Å². The molecule has 2 aromatic rings. The lowest BCUT2D eigenvalue weighted by Gasteiger charge is -2.20. The van der Waals surface area contributed by atoms with E-state index in [4.69, 9.17) is 5.11 Å². The number of hydrogen-bond acceptors (Lipinski definition) is 4. The van der Waals surface area contributed by atoms with E-state index in [1.807, 2.05) is 0 Å². The van der Waals surface area contributed by atoms with Crippen LogP contribution in [0.5, 0.6) is 0 Å². The molecule has 0 aliphatic heterocycles. The molecule has 20 heavy (non-hydrogen) atoms. The summed E-state index contributed by atoms with van der Waals surface area (Å²) in [5, 5.41) is 19.8. The van der Waals surface area contributed by atoms with Crippen LogP contribution in [0.2, 0.25) is 0 Å². The fourth-order valence-corrected chi connectivity index (χ4v) is 1.70. The molecule has 0 saturated heterocycles. The number of carboxylic acid groups (broad SMARTS) is 1. The molecule has 0 radical (unpaired) electrons. The number of hydrogen-bond donors (Lipinski definition) is 1. The van der Waals surface area contributed by atoms with Gasteiger partial charge in [-0.3, -0.25) is 0 Å². The summed E-state index contributed by atoms with van der Waals surface area (Å²) in [4.78, 5) is 11.2. The van der Waals surface area contributed by atoms with Crippen molar-refractivity contribution in [1.82, 2.24) is 20.2 Å². The molecular weight excluding hydrogens is 270 g/mol. The Morgan fingerprint density at radius 3 is 2.50 bits per heavy atom. The smallest absolute Gasteiger partial charge is 0.331 e. The molecule has 0 saturated carbocycles. The maximum atomic E-state index is 13.6. The number of aliphatic carboxylic acids is 1. The maximum Gasteiger partial charge on any atom is 0.331 e. The van der Waals surface area contributed by atoms with Gasteiger partial charge in [0.15, 0.2) is 11.4 Å². The van der Waals surface area contributed by atoms with Gasteiger partial charge in [-0.25, -0.2) is 18.3 Å². The predicted octanol–water partition coefficient (Wildman–Crippen LogP) is 1.36. The number of aromatic nitrogens is 4. The minimum atomic E-state index is -1.42. The second-order valence-corrected chi connectivity index (χ2v) is 4.75. The Kier molecular flexibility index (Phi) is 3.47. The van der Waals surface area contributed by atoms with Crippen LogP contribution in [0.4, 0.5) is 8.78 Å². The monoisotopic (exact) mass is 282 g/mol. The van der Waals surface area contributed by atoms with Crippen molar-refractivity contribution in [3.63, 3.8) is 0 Å². The van der Waals surface area contributed by atoms with Crippen LogP contribution in [0.25, 0.3) is 0 Å². The molecule has 0 spiro atoms. The summed E-state index contributed by atoms with van der Waals surface area (Å²) in [6.45, 7) is 2.79.